The molecule has 0 aliphatic carbocycles. The summed E-state index contributed by atoms with van der Waals surface area (Å²) >= 11 is 6.00. The fourth-order valence-corrected chi connectivity index (χ4v) is 2.74. The fraction of sp³-hybridized carbons (Fsp3) is 0.111. The standard InChI is InChI=1S/C18H13ClF3N3O/c1-25-10-14(16(24-25)18(20,21)22)17(26)23-15-8-3-2-7-13(15)11-5-4-6-12(19)9-11/h2-10H,1H3,(H,23,26). The van der Waals surface area contributed by atoms with E-state index in [1.807, 2.05) is 0 Å². The first kappa shape index (κ1) is 18.0. The smallest absolute Gasteiger partial charge is 0.321 e. The van der Waals surface area contributed by atoms with E-state index in [4.69, 9.17) is 11.6 Å². The number of halogens is 4. The number of aromatic nitrogens is 2. The molecule has 0 spiro atoms. The first-order chi connectivity index (χ1) is 12.3. The third-order valence-corrected chi connectivity index (χ3v) is 3.89. The van der Waals surface area contributed by atoms with Crippen LogP contribution in [0.2, 0.25) is 5.02 Å². The lowest BCUT2D eigenvalue weighted by molar-refractivity contribution is -0.141. The molecule has 0 aliphatic rings. The maximum Gasteiger partial charge on any atom is 0.435 e. The second kappa shape index (κ2) is 6.84. The number of carbonyl (C=O) groups is 1. The second-order valence-electron chi connectivity index (χ2n) is 5.57. The van der Waals surface area contributed by atoms with Gasteiger partial charge >= 0.3 is 6.18 Å². The molecule has 0 unspecified atom stereocenters. The Hall–Kier alpha value is -2.80. The Bertz CT molecular complexity index is 966. The summed E-state index contributed by atoms with van der Waals surface area (Å²) in [5, 5.41) is 6.39. The highest BCUT2D eigenvalue weighted by Gasteiger charge is 2.39. The van der Waals surface area contributed by atoms with Gasteiger partial charge in [0.2, 0.25) is 0 Å². The number of nitrogens with zero attached hydrogens (tertiary/aromatic N) is 2. The lowest BCUT2D eigenvalue weighted by atomic mass is 10.0. The van der Waals surface area contributed by atoms with Crippen LogP contribution in [0.1, 0.15) is 16.1 Å². The molecule has 0 aliphatic heterocycles. The Labute approximate surface area is 152 Å². The monoisotopic (exact) mass is 379 g/mol. The third-order valence-electron chi connectivity index (χ3n) is 3.65. The van der Waals surface area contributed by atoms with Crippen LogP contribution < -0.4 is 5.32 Å². The molecule has 134 valence electrons. The largest absolute Gasteiger partial charge is 0.435 e. The number of benzene rings is 2. The van der Waals surface area contributed by atoms with Crippen LogP contribution in [0.3, 0.4) is 0 Å². The maximum absolute atomic E-state index is 13.1. The molecule has 0 atom stereocenters. The van der Waals surface area contributed by atoms with Gasteiger partial charge in [0.05, 0.1) is 5.56 Å². The minimum atomic E-state index is -4.72. The average Bonchev–Trinajstić information content (AvgIpc) is 2.98. The van der Waals surface area contributed by atoms with Crippen molar-refractivity contribution in [2.45, 2.75) is 6.18 Å². The SMILES string of the molecule is Cn1cc(C(=O)Nc2ccccc2-c2cccc(Cl)c2)c(C(F)(F)F)n1. The van der Waals surface area contributed by atoms with Gasteiger partial charge in [-0.05, 0) is 23.8 Å². The molecule has 4 nitrogen and oxygen atoms in total. The number of aryl methyl sites for hydroxylation is 1. The van der Waals surface area contributed by atoms with Gasteiger partial charge in [-0.25, -0.2) is 0 Å². The molecule has 1 amide bonds. The first-order valence-corrected chi connectivity index (χ1v) is 7.90. The molecule has 1 aromatic heterocycles. The Morgan fingerprint density at radius 2 is 1.88 bits per heavy atom. The Morgan fingerprint density at radius 1 is 1.15 bits per heavy atom. The van der Waals surface area contributed by atoms with Gasteiger partial charge in [-0.1, -0.05) is 41.9 Å². The van der Waals surface area contributed by atoms with Crippen LogP contribution in [0, 0.1) is 0 Å². The number of rotatable bonds is 3. The van der Waals surface area contributed by atoms with Gasteiger partial charge in [0.1, 0.15) is 0 Å². The number of hydrogen-bond acceptors (Lipinski definition) is 2. The van der Waals surface area contributed by atoms with Crippen molar-refractivity contribution >= 4 is 23.2 Å². The van der Waals surface area contributed by atoms with Gasteiger partial charge in [-0.3, -0.25) is 9.48 Å². The summed E-state index contributed by atoms with van der Waals surface area (Å²) in [6, 6.07) is 13.7. The van der Waals surface area contributed by atoms with Gasteiger partial charge in [0, 0.05) is 29.5 Å². The van der Waals surface area contributed by atoms with Crippen LogP contribution in [0.15, 0.2) is 54.7 Å². The number of carbonyl (C=O) groups excluding carboxylic acids is 1. The van der Waals surface area contributed by atoms with E-state index >= 15 is 0 Å². The van der Waals surface area contributed by atoms with Crippen molar-refractivity contribution < 1.29 is 18.0 Å². The van der Waals surface area contributed by atoms with E-state index in [9.17, 15) is 18.0 Å². The van der Waals surface area contributed by atoms with Crippen LogP contribution in [-0.2, 0) is 13.2 Å². The van der Waals surface area contributed by atoms with Crippen LogP contribution in [-0.4, -0.2) is 15.7 Å². The predicted molar refractivity (Wildman–Crippen MR) is 93.1 cm³/mol. The number of nitrogens with one attached hydrogen (secondary N) is 1. The highest BCUT2D eigenvalue weighted by molar-refractivity contribution is 6.30. The van der Waals surface area contributed by atoms with Crippen LogP contribution in [0.25, 0.3) is 11.1 Å². The maximum atomic E-state index is 13.1. The second-order valence-corrected chi connectivity index (χ2v) is 6.01. The van der Waals surface area contributed by atoms with Crippen LogP contribution in [0.5, 0.6) is 0 Å². The fourth-order valence-electron chi connectivity index (χ4n) is 2.55. The van der Waals surface area contributed by atoms with Crippen molar-refractivity contribution in [2.24, 2.45) is 7.05 Å². The van der Waals surface area contributed by atoms with Crippen molar-refractivity contribution in [3.8, 4) is 11.1 Å². The Kier molecular flexibility index (Phi) is 4.73. The highest BCUT2D eigenvalue weighted by atomic mass is 35.5. The molecule has 1 N–H and O–H groups in total. The zero-order valence-corrected chi connectivity index (χ0v) is 14.3. The number of amides is 1. The highest BCUT2D eigenvalue weighted by Crippen LogP contribution is 2.33. The van der Waals surface area contributed by atoms with Crippen LogP contribution in [0.4, 0.5) is 18.9 Å². The van der Waals surface area contributed by atoms with Gasteiger partial charge < -0.3 is 5.32 Å². The van der Waals surface area contributed by atoms with Gasteiger partial charge in [-0.15, -0.1) is 0 Å². The first-order valence-electron chi connectivity index (χ1n) is 7.53. The Morgan fingerprint density at radius 3 is 2.58 bits per heavy atom. The average molecular weight is 380 g/mol. The molecule has 3 aromatic rings. The quantitative estimate of drug-likeness (QED) is 0.695. The van der Waals surface area contributed by atoms with E-state index < -0.39 is 23.3 Å². The molecular formula is C18H13ClF3N3O. The zero-order valence-electron chi connectivity index (χ0n) is 13.5. The topological polar surface area (TPSA) is 46.9 Å². The van der Waals surface area contributed by atoms with Crippen molar-refractivity contribution in [3.05, 3.63) is 71.0 Å². The molecule has 0 saturated heterocycles. The van der Waals surface area contributed by atoms with Crippen molar-refractivity contribution in [1.29, 1.82) is 0 Å². The summed E-state index contributed by atoms with van der Waals surface area (Å²) < 4.78 is 40.2. The minimum absolute atomic E-state index is 0.372. The minimum Gasteiger partial charge on any atom is -0.321 e. The number of hydrogen-bond donors (Lipinski definition) is 1. The van der Waals surface area contributed by atoms with E-state index in [0.717, 1.165) is 16.4 Å². The molecule has 2 aromatic carbocycles. The molecule has 0 radical (unpaired) electrons. The van der Waals surface area contributed by atoms with E-state index in [1.54, 1.807) is 48.5 Å². The number of alkyl halides is 3. The molecule has 3 rings (SSSR count). The van der Waals surface area contributed by atoms with E-state index in [0.29, 0.717) is 16.3 Å². The summed E-state index contributed by atoms with van der Waals surface area (Å²) in [6.45, 7) is 0. The summed E-state index contributed by atoms with van der Waals surface area (Å²) in [5.41, 5.74) is -0.0215. The van der Waals surface area contributed by atoms with Crippen molar-refractivity contribution in [2.75, 3.05) is 5.32 Å². The zero-order chi connectivity index (χ0) is 18.9. The predicted octanol–water partition coefficient (Wildman–Crippen LogP) is 5.01. The van der Waals surface area contributed by atoms with Crippen molar-refractivity contribution in [1.82, 2.24) is 9.78 Å². The van der Waals surface area contributed by atoms with E-state index in [-0.39, 0.29) is 0 Å². The van der Waals surface area contributed by atoms with E-state index in [1.165, 1.54) is 7.05 Å². The summed E-state index contributed by atoms with van der Waals surface area (Å²) in [5.74, 6) is -0.889. The molecule has 1 heterocycles. The van der Waals surface area contributed by atoms with Crippen molar-refractivity contribution in [3.63, 3.8) is 0 Å². The summed E-state index contributed by atoms with van der Waals surface area (Å²) in [6.07, 6.45) is -3.68. The lowest BCUT2D eigenvalue weighted by Crippen LogP contribution is -2.18. The summed E-state index contributed by atoms with van der Waals surface area (Å²) in [7, 11) is 1.33. The lowest BCUT2D eigenvalue weighted by Gasteiger charge is -2.12. The van der Waals surface area contributed by atoms with Gasteiger partial charge in [0.25, 0.3) is 5.91 Å². The number of para-hydroxylation sites is 1. The molecular weight excluding hydrogens is 367 g/mol. The van der Waals surface area contributed by atoms with Gasteiger partial charge in [0.15, 0.2) is 5.69 Å². The summed E-state index contributed by atoms with van der Waals surface area (Å²) in [4.78, 5) is 12.5. The molecule has 8 heteroatoms. The molecule has 26 heavy (non-hydrogen) atoms. The molecule has 0 bridgehead atoms. The molecule has 0 saturated carbocycles. The Balaban J connectivity index is 1.97. The van der Waals surface area contributed by atoms with E-state index in [2.05, 4.69) is 10.4 Å². The third kappa shape index (κ3) is 3.72. The number of anilines is 1. The molecule has 0 fully saturated rings. The van der Waals surface area contributed by atoms with Gasteiger partial charge in [-0.2, -0.15) is 18.3 Å². The normalized spacial score (nSPS) is 11.4. The van der Waals surface area contributed by atoms with Crippen LogP contribution >= 0.6 is 11.6 Å².